The summed E-state index contributed by atoms with van der Waals surface area (Å²) in [6.07, 6.45) is 0. The average molecular weight is 321 g/mol. The van der Waals surface area contributed by atoms with Gasteiger partial charge in [0.05, 0.1) is 12.2 Å². The van der Waals surface area contributed by atoms with Crippen LogP contribution >= 0.6 is 11.6 Å². The van der Waals surface area contributed by atoms with Crippen LogP contribution in [0.3, 0.4) is 0 Å². The molecule has 0 unspecified atom stereocenters. The first-order valence-corrected chi connectivity index (χ1v) is 7.31. The molecule has 0 bridgehead atoms. The molecule has 0 saturated heterocycles. The van der Waals surface area contributed by atoms with Crippen LogP contribution in [0, 0.1) is 12.7 Å². The molecule has 0 saturated carbocycles. The van der Waals surface area contributed by atoms with Crippen molar-refractivity contribution in [3.63, 3.8) is 0 Å². The summed E-state index contributed by atoms with van der Waals surface area (Å²) in [4.78, 5) is 13.9. The Labute approximate surface area is 134 Å². The summed E-state index contributed by atoms with van der Waals surface area (Å²) >= 11 is 5.80. The quantitative estimate of drug-likeness (QED) is 0.907. The topological polar surface area (TPSA) is 32.3 Å². The number of amides is 1. The van der Waals surface area contributed by atoms with Crippen molar-refractivity contribution in [2.45, 2.75) is 13.5 Å². The fourth-order valence-corrected chi connectivity index (χ4v) is 2.33. The Balaban J connectivity index is 1.94. The Bertz CT molecular complexity index is 675. The third-order valence-corrected chi connectivity index (χ3v) is 3.55. The van der Waals surface area contributed by atoms with Gasteiger partial charge in [0.15, 0.2) is 0 Å². The lowest BCUT2D eigenvalue weighted by atomic mass is 10.1. The Morgan fingerprint density at radius 2 is 2.00 bits per heavy atom. The van der Waals surface area contributed by atoms with Crippen molar-refractivity contribution in [1.29, 1.82) is 0 Å². The van der Waals surface area contributed by atoms with Crippen molar-refractivity contribution in [1.82, 2.24) is 4.90 Å². The highest BCUT2D eigenvalue weighted by molar-refractivity contribution is 6.30. The van der Waals surface area contributed by atoms with Gasteiger partial charge in [0.1, 0.15) is 5.82 Å². The Morgan fingerprint density at radius 1 is 1.27 bits per heavy atom. The van der Waals surface area contributed by atoms with Gasteiger partial charge < -0.3 is 5.32 Å². The van der Waals surface area contributed by atoms with Gasteiger partial charge in [0, 0.05) is 11.6 Å². The second-order valence-electron chi connectivity index (χ2n) is 5.27. The van der Waals surface area contributed by atoms with E-state index in [4.69, 9.17) is 11.6 Å². The molecule has 3 nitrogen and oxygen atoms in total. The largest absolute Gasteiger partial charge is 0.322 e. The zero-order valence-electron chi connectivity index (χ0n) is 12.6. The van der Waals surface area contributed by atoms with Crippen LogP contribution in [0.15, 0.2) is 42.5 Å². The maximum absolute atomic E-state index is 13.6. The van der Waals surface area contributed by atoms with Gasteiger partial charge in [-0.05, 0) is 43.3 Å². The molecule has 0 spiro atoms. The molecule has 0 aliphatic heterocycles. The van der Waals surface area contributed by atoms with E-state index >= 15 is 0 Å². The molecule has 0 heterocycles. The van der Waals surface area contributed by atoms with E-state index in [1.54, 1.807) is 0 Å². The fraction of sp³-hybridized carbons (Fsp3) is 0.235. The molecule has 2 aromatic rings. The van der Waals surface area contributed by atoms with E-state index < -0.39 is 5.82 Å². The van der Waals surface area contributed by atoms with Gasteiger partial charge >= 0.3 is 0 Å². The van der Waals surface area contributed by atoms with Crippen LogP contribution in [0.5, 0.6) is 0 Å². The summed E-state index contributed by atoms with van der Waals surface area (Å²) < 4.78 is 13.6. The van der Waals surface area contributed by atoms with Crippen molar-refractivity contribution in [2.75, 3.05) is 18.9 Å². The summed E-state index contributed by atoms with van der Waals surface area (Å²) in [5.41, 5.74) is 2.43. The van der Waals surface area contributed by atoms with Gasteiger partial charge in [0.2, 0.25) is 5.91 Å². The minimum atomic E-state index is -0.501. The second-order valence-corrected chi connectivity index (χ2v) is 5.71. The van der Waals surface area contributed by atoms with Crippen LogP contribution < -0.4 is 5.32 Å². The number of likely N-dealkylation sites (N-methyl/N-ethyl adjacent to an activating group) is 1. The SMILES string of the molecule is Cc1ccccc1CN(C)CC(=O)Nc1cc(Cl)ccc1F. The number of carbonyl (C=O) groups is 1. The number of nitrogens with one attached hydrogen (secondary N) is 1. The minimum Gasteiger partial charge on any atom is -0.322 e. The molecule has 116 valence electrons. The van der Waals surface area contributed by atoms with E-state index in [9.17, 15) is 9.18 Å². The highest BCUT2D eigenvalue weighted by Gasteiger charge is 2.11. The molecule has 2 rings (SSSR count). The molecular formula is C17H18ClFN2O. The summed E-state index contributed by atoms with van der Waals surface area (Å²) in [6, 6.07) is 12.1. The minimum absolute atomic E-state index is 0.0989. The van der Waals surface area contributed by atoms with Crippen molar-refractivity contribution in [2.24, 2.45) is 0 Å². The van der Waals surface area contributed by atoms with Crippen LogP contribution in [-0.2, 0) is 11.3 Å². The number of nitrogens with zero attached hydrogens (tertiary/aromatic N) is 1. The second kappa shape index (κ2) is 7.38. The van der Waals surface area contributed by atoms with Gasteiger partial charge in [0.25, 0.3) is 0 Å². The monoisotopic (exact) mass is 320 g/mol. The van der Waals surface area contributed by atoms with E-state index in [2.05, 4.69) is 5.32 Å². The third kappa shape index (κ3) is 4.55. The summed E-state index contributed by atoms with van der Waals surface area (Å²) in [7, 11) is 1.85. The normalized spacial score (nSPS) is 10.8. The van der Waals surface area contributed by atoms with Crippen molar-refractivity contribution >= 4 is 23.2 Å². The molecule has 0 aliphatic rings. The number of carbonyl (C=O) groups excluding carboxylic acids is 1. The molecule has 0 atom stereocenters. The smallest absolute Gasteiger partial charge is 0.238 e. The van der Waals surface area contributed by atoms with E-state index in [1.807, 2.05) is 43.1 Å². The maximum atomic E-state index is 13.6. The number of anilines is 1. The van der Waals surface area contributed by atoms with Crippen LogP contribution in [0.25, 0.3) is 0 Å². The molecule has 0 radical (unpaired) electrons. The summed E-state index contributed by atoms with van der Waals surface area (Å²) in [5, 5.41) is 2.92. The van der Waals surface area contributed by atoms with Crippen molar-refractivity contribution in [3.8, 4) is 0 Å². The maximum Gasteiger partial charge on any atom is 0.238 e. The van der Waals surface area contributed by atoms with E-state index in [0.717, 1.165) is 5.56 Å². The predicted octanol–water partition coefficient (Wildman–Crippen LogP) is 3.86. The number of rotatable bonds is 5. The lowest BCUT2D eigenvalue weighted by Crippen LogP contribution is -2.30. The van der Waals surface area contributed by atoms with Crippen LogP contribution in [-0.4, -0.2) is 24.4 Å². The van der Waals surface area contributed by atoms with Gasteiger partial charge in [-0.3, -0.25) is 9.69 Å². The van der Waals surface area contributed by atoms with Gasteiger partial charge in [-0.25, -0.2) is 4.39 Å². The van der Waals surface area contributed by atoms with Crippen LogP contribution in [0.1, 0.15) is 11.1 Å². The van der Waals surface area contributed by atoms with Crippen LogP contribution in [0.2, 0.25) is 5.02 Å². The molecule has 0 fully saturated rings. The third-order valence-electron chi connectivity index (χ3n) is 3.32. The molecule has 2 aromatic carbocycles. The van der Waals surface area contributed by atoms with Gasteiger partial charge in [-0.2, -0.15) is 0 Å². The lowest BCUT2D eigenvalue weighted by molar-refractivity contribution is -0.117. The highest BCUT2D eigenvalue weighted by Crippen LogP contribution is 2.19. The first-order valence-electron chi connectivity index (χ1n) is 6.93. The Kier molecular flexibility index (Phi) is 5.52. The van der Waals surface area contributed by atoms with Gasteiger partial charge in [-0.1, -0.05) is 35.9 Å². The standard InChI is InChI=1S/C17H18ClFN2O/c1-12-5-3-4-6-13(12)10-21(2)11-17(22)20-16-9-14(18)7-8-15(16)19/h3-9H,10-11H2,1-2H3,(H,20,22). The van der Waals surface area contributed by atoms with E-state index in [0.29, 0.717) is 11.6 Å². The molecule has 22 heavy (non-hydrogen) atoms. The number of aryl methyl sites for hydroxylation is 1. The number of hydrogen-bond donors (Lipinski definition) is 1. The van der Waals surface area contributed by atoms with E-state index in [-0.39, 0.29) is 18.1 Å². The summed E-state index contributed by atoms with van der Waals surface area (Å²) in [6.45, 7) is 2.85. The number of benzene rings is 2. The number of hydrogen-bond acceptors (Lipinski definition) is 2. The van der Waals surface area contributed by atoms with Crippen molar-refractivity contribution < 1.29 is 9.18 Å². The van der Waals surface area contributed by atoms with E-state index in [1.165, 1.54) is 23.8 Å². The summed E-state index contributed by atoms with van der Waals surface area (Å²) in [5.74, 6) is -0.781. The predicted molar refractivity (Wildman–Crippen MR) is 87.6 cm³/mol. The zero-order valence-corrected chi connectivity index (χ0v) is 13.3. The first-order chi connectivity index (χ1) is 10.5. The molecule has 0 aromatic heterocycles. The molecule has 1 amide bonds. The van der Waals surface area contributed by atoms with Crippen LogP contribution in [0.4, 0.5) is 10.1 Å². The molecule has 1 N–H and O–H groups in total. The Morgan fingerprint density at radius 3 is 2.73 bits per heavy atom. The van der Waals surface area contributed by atoms with Crippen molar-refractivity contribution in [3.05, 3.63) is 64.4 Å². The highest BCUT2D eigenvalue weighted by atomic mass is 35.5. The lowest BCUT2D eigenvalue weighted by Gasteiger charge is -2.17. The molecule has 5 heteroatoms. The Hall–Kier alpha value is -1.91. The average Bonchev–Trinajstić information content (AvgIpc) is 2.45. The molecular weight excluding hydrogens is 303 g/mol. The fourth-order valence-electron chi connectivity index (χ4n) is 2.16. The molecule has 0 aliphatic carbocycles. The zero-order chi connectivity index (χ0) is 16.1. The number of halogens is 2. The van der Waals surface area contributed by atoms with Gasteiger partial charge in [-0.15, -0.1) is 0 Å². The first kappa shape index (κ1) is 16.5.